The van der Waals surface area contributed by atoms with Gasteiger partial charge < -0.3 is 10.2 Å². The Morgan fingerprint density at radius 3 is 2.24 bits per heavy atom. The van der Waals surface area contributed by atoms with Crippen LogP contribution in [0.5, 0.6) is 0 Å². The highest BCUT2D eigenvalue weighted by atomic mass is 16.2. The molecule has 1 heterocycles. The molecule has 2 atom stereocenters. The van der Waals surface area contributed by atoms with Crippen LogP contribution in [0.15, 0.2) is 24.3 Å². The van der Waals surface area contributed by atoms with E-state index in [4.69, 9.17) is 0 Å². The van der Waals surface area contributed by atoms with Crippen molar-refractivity contribution in [2.24, 2.45) is 0 Å². The topological polar surface area (TPSA) is 49.4 Å². The van der Waals surface area contributed by atoms with Crippen LogP contribution >= 0.6 is 0 Å². The van der Waals surface area contributed by atoms with Gasteiger partial charge in [-0.1, -0.05) is 0 Å². The quantitative estimate of drug-likeness (QED) is 0.866. The van der Waals surface area contributed by atoms with Crippen LogP contribution in [0.25, 0.3) is 0 Å². The van der Waals surface area contributed by atoms with E-state index in [0.717, 1.165) is 18.5 Å². The highest BCUT2D eigenvalue weighted by molar-refractivity contribution is 5.94. The molecule has 1 aromatic rings. The van der Waals surface area contributed by atoms with E-state index in [2.05, 4.69) is 19.2 Å². The number of piperidine rings is 1. The summed E-state index contributed by atoms with van der Waals surface area (Å²) in [4.78, 5) is 25.6. The highest BCUT2D eigenvalue weighted by Gasteiger charge is 2.28. The standard InChI is InChI=1S/C17H24N2O2/c1-12-5-4-6-13(2)19(12)17(21)11-18-16-9-7-15(8-10-16)14(3)20/h7-10,12-13,18H,4-6,11H2,1-3H3/t12-,13+. The lowest BCUT2D eigenvalue weighted by Gasteiger charge is -2.39. The number of amides is 1. The number of likely N-dealkylation sites (tertiary alicyclic amines) is 1. The lowest BCUT2D eigenvalue weighted by atomic mass is 9.97. The molecule has 0 unspecified atom stereocenters. The van der Waals surface area contributed by atoms with E-state index in [1.807, 2.05) is 17.0 Å². The zero-order chi connectivity index (χ0) is 15.4. The Kier molecular flexibility index (Phi) is 4.99. The van der Waals surface area contributed by atoms with Gasteiger partial charge in [0, 0.05) is 23.3 Å². The molecule has 4 heteroatoms. The van der Waals surface area contributed by atoms with Crippen molar-refractivity contribution in [3.8, 4) is 0 Å². The third kappa shape index (κ3) is 3.84. The van der Waals surface area contributed by atoms with Crippen LogP contribution in [0, 0.1) is 0 Å². The number of hydrogen-bond acceptors (Lipinski definition) is 3. The Labute approximate surface area is 126 Å². The van der Waals surface area contributed by atoms with Gasteiger partial charge in [0.05, 0.1) is 6.54 Å². The number of nitrogens with one attached hydrogen (secondary N) is 1. The third-order valence-corrected chi connectivity index (χ3v) is 4.22. The SMILES string of the molecule is CC(=O)c1ccc(NCC(=O)N2[C@H](C)CCC[C@@H]2C)cc1. The van der Waals surface area contributed by atoms with Crippen LogP contribution in [0.2, 0.25) is 0 Å². The van der Waals surface area contributed by atoms with Gasteiger partial charge in [-0.25, -0.2) is 0 Å². The predicted octanol–water partition coefficient (Wildman–Crippen LogP) is 3.09. The van der Waals surface area contributed by atoms with Crippen molar-refractivity contribution in [3.63, 3.8) is 0 Å². The Bertz CT molecular complexity index is 500. The largest absolute Gasteiger partial charge is 0.376 e. The van der Waals surface area contributed by atoms with E-state index in [9.17, 15) is 9.59 Å². The van der Waals surface area contributed by atoms with Gasteiger partial charge in [-0.2, -0.15) is 0 Å². The molecule has 1 amide bonds. The number of benzene rings is 1. The van der Waals surface area contributed by atoms with Gasteiger partial charge in [-0.15, -0.1) is 0 Å². The number of ketones is 1. The second-order valence-corrected chi connectivity index (χ2v) is 5.92. The minimum atomic E-state index is 0.0496. The summed E-state index contributed by atoms with van der Waals surface area (Å²) in [5.74, 6) is 0.193. The Morgan fingerprint density at radius 2 is 1.71 bits per heavy atom. The van der Waals surface area contributed by atoms with E-state index in [1.165, 1.54) is 6.42 Å². The molecule has 1 aliphatic heterocycles. The maximum atomic E-state index is 12.4. The van der Waals surface area contributed by atoms with Gasteiger partial charge in [-0.3, -0.25) is 9.59 Å². The minimum Gasteiger partial charge on any atom is -0.376 e. The number of carbonyl (C=O) groups excluding carboxylic acids is 2. The summed E-state index contributed by atoms with van der Waals surface area (Å²) >= 11 is 0. The highest BCUT2D eigenvalue weighted by Crippen LogP contribution is 2.22. The zero-order valence-electron chi connectivity index (χ0n) is 13.1. The zero-order valence-corrected chi connectivity index (χ0v) is 13.1. The molecule has 0 spiro atoms. The fourth-order valence-electron chi connectivity index (χ4n) is 3.00. The van der Waals surface area contributed by atoms with E-state index in [1.54, 1.807) is 19.1 Å². The maximum absolute atomic E-state index is 12.4. The summed E-state index contributed by atoms with van der Waals surface area (Å²) in [6.45, 7) is 6.09. The van der Waals surface area contributed by atoms with Gasteiger partial charge in [0.1, 0.15) is 0 Å². The molecule has 21 heavy (non-hydrogen) atoms. The first-order valence-corrected chi connectivity index (χ1v) is 7.65. The second-order valence-electron chi connectivity index (χ2n) is 5.92. The molecule has 1 N–H and O–H groups in total. The molecule has 1 fully saturated rings. The molecule has 1 aromatic carbocycles. The normalized spacial score (nSPS) is 22.0. The molecule has 4 nitrogen and oxygen atoms in total. The summed E-state index contributed by atoms with van der Waals surface area (Å²) < 4.78 is 0. The van der Waals surface area contributed by atoms with Gasteiger partial charge >= 0.3 is 0 Å². The first-order valence-electron chi connectivity index (χ1n) is 7.65. The van der Waals surface area contributed by atoms with Crippen molar-refractivity contribution in [1.29, 1.82) is 0 Å². The number of anilines is 1. The maximum Gasteiger partial charge on any atom is 0.242 e. The van der Waals surface area contributed by atoms with Crippen LogP contribution in [0.1, 0.15) is 50.4 Å². The number of carbonyl (C=O) groups is 2. The molecule has 114 valence electrons. The number of nitrogens with zero attached hydrogens (tertiary/aromatic N) is 1. The smallest absolute Gasteiger partial charge is 0.242 e. The first kappa shape index (κ1) is 15.5. The molecule has 0 saturated carbocycles. The van der Waals surface area contributed by atoms with Gasteiger partial charge in [-0.05, 0) is 64.3 Å². The van der Waals surface area contributed by atoms with Crippen LogP contribution in [-0.4, -0.2) is 35.2 Å². The van der Waals surface area contributed by atoms with Crippen molar-refractivity contribution in [2.75, 3.05) is 11.9 Å². The summed E-state index contributed by atoms with van der Waals surface area (Å²) in [5, 5.41) is 3.15. The van der Waals surface area contributed by atoms with Crippen LogP contribution < -0.4 is 5.32 Å². The van der Waals surface area contributed by atoms with Gasteiger partial charge in [0.2, 0.25) is 5.91 Å². The molecular weight excluding hydrogens is 264 g/mol. The van der Waals surface area contributed by atoms with Crippen LogP contribution in [0.3, 0.4) is 0 Å². The van der Waals surface area contributed by atoms with E-state index < -0.39 is 0 Å². The third-order valence-electron chi connectivity index (χ3n) is 4.22. The van der Waals surface area contributed by atoms with Crippen molar-refractivity contribution < 1.29 is 9.59 Å². The fraction of sp³-hybridized carbons (Fsp3) is 0.529. The Morgan fingerprint density at radius 1 is 1.14 bits per heavy atom. The number of hydrogen-bond donors (Lipinski definition) is 1. The molecule has 0 bridgehead atoms. The summed E-state index contributed by atoms with van der Waals surface area (Å²) in [6, 6.07) is 7.88. The molecule has 0 aromatic heterocycles. The molecule has 2 rings (SSSR count). The van der Waals surface area contributed by atoms with Crippen molar-refractivity contribution in [3.05, 3.63) is 29.8 Å². The summed E-state index contributed by atoms with van der Waals surface area (Å²) in [7, 11) is 0. The Balaban J connectivity index is 1.92. The van der Waals surface area contributed by atoms with Crippen molar-refractivity contribution in [2.45, 2.75) is 52.1 Å². The number of Topliss-reactive ketones (excluding diaryl/α,β-unsaturated/α-hetero) is 1. The molecular formula is C17H24N2O2. The van der Waals surface area contributed by atoms with E-state index in [0.29, 0.717) is 24.2 Å². The van der Waals surface area contributed by atoms with Crippen LogP contribution in [0.4, 0.5) is 5.69 Å². The lowest BCUT2D eigenvalue weighted by molar-refractivity contribution is -0.135. The van der Waals surface area contributed by atoms with E-state index in [-0.39, 0.29) is 11.7 Å². The number of rotatable bonds is 4. The van der Waals surface area contributed by atoms with Gasteiger partial charge in [0.15, 0.2) is 5.78 Å². The average Bonchev–Trinajstić information content (AvgIpc) is 2.45. The Hall–Kier alpha value is -1.84. The summed E-state index contributed by atoms with van der Waals surface area (Å²) in [5.41, 5.74) is 1.55. The molecule has 1 aliphatic rings. The van der Waals surface area contributed by atoms with Gasteiger partial charge in [0.25, 0.3) is 0 Å². The van der Waals surface area contributed by atoms with E-state index >= 15 is 0 Å². The lowest BCUT2D eigenvalue weighted by Crippen LogP contribution is -2.49. The van der Waals surface area contributed by atoms with Crippen molar-refractivity contribution in [1.82, 2.24) is 4.90 Å². The molecule has 0 radical (unpaired) electrons. The second kappa shape index (κ2) is 6.74. The average molecular weight is 288 g/mol. The summed E-state index contributed by atoms with van der Waals surface area (Å²) in [6.07, 6.45) is 3.37. The van der Waals surface area contributed by atoms with Crippen molar-refractivity contribution >= 4 is 17.4 Å². The minimum absolute atomic E-state index is 0.0496. The first-order chi connectivity index (χ1) is 9.99. The fourth-order valence-corrected chi connectivity index (χ4v) is 3.00. The molecule has 1 saturated heterocycles. The monoisotopic (exact) mass is 288 g/mol. The predicted molar refractivity (Wildman–Crippen MR) is 84.6 cm³/mol. The van der Waals surface area contributed by atoms with Crippen LogP contribution in [-0.2, 0) is 4.79 Å². The molecule has 0 aliphatic carbocycles.